The van der Waals surface area contributed by atoms with Gasteiger partial charge in [-0.25, -0.2) is 19.7 Å². The van der Waals surface area contributed by atoms with Gasteiger partial charge in [0.15, 0.2) is 5.82 Å². The summed E-state index contributed by atoms with van der Waals surface area (Å²) in [6, 6.07) is 14.8. The fourth-order valence-corrected chi connectivity index (χ4v) is 4.73. The van der Waals surface area contributed by atoms with Crippen molar-refractivity contribution in [1.29, 1.82) is 0 Å². The number of hydrogen-bond acceptors (Lipinski definition) is 6. The van der Waals surface area contributed by atoms with Gasteiger partial charge in [-0.05, 0) is 22.1 Å². The lowest BCUT2D eigenvalue weighted by atomic mass is 9.86. The summed E-state index contributed by atoms with van der Waals surface area (Å²) in [5, 5.41) is 13.1. The van der Waals surface area contributed by atoms with Crippen molar-refractivity contribution < 1.29 is 14.7 Å². The van der Waals surface area contributed by atoms with E-state index in [1.54, 1.807) is 0 Å². The third-order valence-electron chi connectivity index (χ3n) is 6.23. The number of nitrogens with zero attached hydrogens (tertiary/aromatic N) is 3. The summed E-state index contributed by atoms with van der Waals surface area (Å²) in [6.07, 6.45) is 5.27. The van der Waals surface area contributed by atoms with Gasteiger partial charge >= 0.3 is 5.97 Å². The van der Waals surface area contributed by atoms with Crippen LogP contribution in [0.3, 0.4) is 0 Å². The molecule has 1 unspecified atom stereocenters. The number of carboxylic acid groups (broad SMARTS) is 1. The lowest BCUT2D eigenvalue weighted by Crippen LogP contribution is -2.42. The third kappa shape index (κ3) is 6.50. The Morgan fingerprint density at radius 2 is 1.47 bits per heavy atom. The van der Waals surface area contributed by atoms with E-state index in [0.29, 0.717) is 10.7 Å². The molecule has 2 aromatic carbocycles. The first-order valence-corrected chi connectivity index (χ1v) is 13.3. The highest BCUT2D eigenvalue weighted by Gasteiger charge is 2.23. The number of benzene rings is 2. The zero-order valence-electron chi connectivity index (χ0n) is 22.2. The van der Waals surface area contributed by atoms with Gasteiger partial charge in [0.1, 0.15) is 10.9 Å². The Kier molecular flexibility index (Phi) is 8.02. The first kappa shape index (κ1) is 27.1. The van der Waals surface area contributed by atoms with Crippen LogP contribution in [0.15, 0.2) is 67.1 Å². The van der Waals surface area contributed by atoms with Crippen LogP contribution < -0.4 is 5.32 Å². The zero-order chi connectivity index (χ0) is 27.4. The highest BCUT2D eigenvalue weighted by atomic mass is 32.1. The molecule has 196 valence electrons. The van der Waals surface area contributed by atoms with Gasteiger partial charge in [-0.1, -0.05) is 83.1 Å². The summed E-state index contributed by atoms with van der Waals surface area (Å²) < 4.78 is 0. The summed E-state index contributed by atoms with van der Waals surface area (Å²) in [6.45, 7) is 10.6. The third-order valence-corrected chi connectivity index (χ3v) is 7.53. The minimum Gasteiger partial charge on any atom is -0.480 e. The average molecular weight is 529 g/mol. The lowest BCUT2D eigenvalue weighted by Gasteiger charge is -2.19. The first-order chi connectivity index (χ1) is 18.0. The summed E-state index contributed by atoms with van der Waals surface area (Å²) in [5.74, 6) is -0.734. The Labute approximate surface area is 227 Å². The number of nitrogens with one attached hydrogen (secondary N) is 1. The Morgan fingerprint density at radius 3 is 2.00 bits per heavy atom. The minimum absolute atomic E-state index is 0.0974. The number of amides is 1. The van der Waals surface area contributed by atoms with Gasteiger partial charge in [0.2, 0.25) is 0 Å². The van der Waals surface area contributed by atoms with Crippen LogP contribution in [-0.2, 0) is 16.6 Å². The van der Waals surface area contributed by atoms with Crippen molar-refractivity contribution in [1.82, 2.24) is 20.3 Å². The molecule has 1 atom stereocenters. The second-order valence-corrected chi connectivity index (χ2v) is 11.7. The molecule has 0 radical (unpaired) electrons. The Morgan fingerprint density at radius 1 is 0.868 bits per heavy atom. The van der Waals surface area contributed by atoms with Gasteiger partial charge in [0, 0.05) is 35.9 Å². The molecule has 0 saturated carbocycles. The molecule has 2 heterocycles. The van der Waals surface area contributed by atoms with Crippen molar-refractivity contribution in [2.75, 3.05) is 0 Å². The number of carbonyl (C=O) groups is 2. The fourth-order valence-electron chi connectivity index (χ4n) is 3.90. The van der Waals surface area contributed by atoms with Gasteiger partial charge in [-0.2, -0.15) is 0 Å². The van der Waals surface area contributed by atoms with Crippen LogP contribution in [0, 0.1) is 0 Å². The number of thiazole rings is 1. The standard InChI is InChI=1S/C30H32N4O3S/c1-18(2)28-33-17-25(38-28)27(35)34-24(29(36)37)14-19-6-8-21(9-7-19)26-31-15-22(16-32-26)20-10-12-23(13-11-20)30(3,4)5/h6-13,15-18,24H,14H2,1-5H3,(H,34,35)(H,36,37). The van der Waals surface area contributed by atoms with Crippen molar-refractivity contribution >= 4 is 23.2 Å². The molecular weight excluding hydrogens is 496 g/mol. The van der Waals surface area contributed by atoms with Gasteiger partial charge in [-0.15, -0.1) is 11.3 Å². The molecule has 0 saturated heterocycles. The molecule has 2 N–H and O–H groups in total. The van der Waals surface area contributed by atoms with Crippen molar-refractivity contribution in [3.05, 3.63) is 88.1 Å². The number of carbonyl (C=O) groups excluding carboxylic acids is 1. The SMILES string of the molecule is CC(C)c1ncc(C(=O)NC(Cc2ccc(-c3ncc(-c4ccc(C(C)(C)C)cc4)cn3)cc2)C(=O)O)s1. The monoisotopic (exact) mass is 528 g/mol. The molecule has 0 aliphatic carbocycles. The molecule has 8 heteroatoms. The predicted octanol–water partition coefficient (Wildman–Crippen LogP) is 6.11. The van der Waals surface area contributed by atoms with Crippen LogP contribution in [-0.4, -0.2) is 38.0 Å². The molecule has 0 aliphatic heterocycles. The Balaban J connectivity index is 1.42. The number of aromatic nitrogens is 3. The maximum Gasteiger partial charge on any atom is 0.326 e. The molecule has 7 nitrogen and oxygen atoms in total. The van der Waals surface area contributed by atoms with E-state index < -0.39 is 17.9 Å². The topological polar surface area (TPSA) is 105 Å². The zero-order valence-corrected chi connectivity index (χ0v) is 23.0. The largest absolute Gasteiger partial charge is 0.480 e. The number of hydrogen-bond donors (Lipinski definition) is 2. The number of aliphatic carboxylic acids is 1. The van der Waals surface area contributed by atoms with E-state index in [2.05, 4.69) is 65.3 Å². The summed E-state index contributed by atoms with van der Waals surface area (Å²) in [5.41, 5.74) is 4.97. The quantitative estimate of drug-likeness (QED) is 0.286. The molecule has 0 bridgehead atoms. The van der Waals surface area contributed by atoms with E-state index in [1.165, 1.54) is 23.1 Å². The molecule has 0 aliphatic rings. The maximum absolute atomic E-state index is 12.6. The highest BCUT2D eigenvalue weighted by molar-refractivity contribution is 7.13. The molecular formula is C30H32N4O3S. The molecule has 38 heavy (non-hydrogen) atoms. The van der Waals surface area contributed by atoms with Gasteiger partial charge < -0.3 is 10.4 Å². The smallest absolute Gasteiger partial charge is 0.326 e. The second-order valence-electron chi connectivity index (χ2n) is 10.6. The van der Waals surface area contributed by atoms with E-state index >= 15 is 0 Å². The van der Waals surface area contributed by atoms with Crippen molar-refractivity contribution in [2.45, 2.75) is 58.4 Å². The van der Waals surface area contributed by atoms with E-state index in [9.17, 15) is 14.7 Å². The van der Waals surface area contributed by atoms with Crippen LogP contribution in [0.4, 0.5) is 0 Å². The second kappa shape index (κ2) is 11.2. The molecule has 0 spiro atoms. The number of carboxylic acids is 1. The molecule has 1 amide bonds. The van der Waals surface area contributed by atoms with Crippen molar-refractivity contribution in [2.24, 2.45) is 0 Å². The van der Waals surface area contributed by atoms with Gasteiger partial charge in [0.25, 0.3) is 5.91 Å². The molecule has 0 fully saturated rings. The van der Waals surface area contributed by atoms with E-state index in [0.717, 1.165) is 27.3 Å². The minimum atomic E-state index is -1.09. The number of rotatable bonds is 8. The maximum atomic E-state index is 12.6. The average Bonchev–Trinajstić information content (AvgIpc) is 3.40. The summed E-state index contributed by atoms with van der Waals surface area (Å²) in [4.78, 5) is 38.2. The normalized spacial score (nSPS) is 12.4. The fraction of sp³-hybridized carbons (Fsp3) is 0.300. The van der Waals surface area contributed by atoms with Crippen LogP contribution in [0.1, 0.15) is 66.3 Å². The van der Waals surface area contributed by atoms with Crippen LogP contribution in [0.25, 0.3) is 22.5 Å². The van der Waals surface area contributed by atoms with Crippen molar-refractivity contribution in [3.8, 4) is 22.5 Å². The Bertz CT molecular complexity index is 1400. The lowest BCUT2D eigenvalue weighted by molar-refractivity contribution is -0.139. The van der Waals surface area contributed by atoms with Gasteiger partial charge in [0.05, 0.1) is 11.2 Å². The van der Waals surface area contributed by atoms with E-state index in [1.807, 2.05) is 50.5 Å². The van der Waals surface area contributed by atoms with E-state index in [-0.39, 0.29) is 17.8 Å². The van der Waals surface area contributed by atoms with E-state index in [4.69, 9.17) is 0 Å². The highest BCUT2D eigenvalue weighted by Crippen LogP contribution is 2.26. The van der Waals surface area contributed by atoms with Gasteiger partial charge in [-0.3, -0.25) is 4.79 Å². The Hall–Kier alpha value is -3.91. The summed E-state index contributed by atoms with van der Waals surface area (Å²) in [7, 11) is 0. The van der Waals surface area contributed by atoms with Crippen LogP contribution in [0.5, 0.6) is 0 Å². The summed E-state index contributed by atoms with van der Waals surface area (Å²) >= 11 is 1.28. The molecule has 4 aromatic rings. The van der Waals surface area contributed by atoms with Crippen molar-refractivity contribution in [3.63, 3.8) is 0 Å². The first-order valence-electron chi connectivity index (χ1n) is 12.5. The molecule has 2 aromatic heterocycles. The predicted molar refractivity (Wildman–Crippen MR) is 150 cm³/mol. The van der Waals surface area contributed by atoms with Crippen LogP contribution in [0.2, 0.25) is 0 Å². The molecule has 4 rings (SSSR count). The van der Waals surface area contributed by atoms with Crippen LogP contribution >= 0.6 is 11.3 Å².